The quantitative estimate of drug-likeness (QED) is 0.140. The third-order valence-electron chi connectivity index (χ3n) is 5.20. The number of thiophene rings is 1. The van der Waals surface area contributed by atoms with Crippen LogP contribution < -0.4 is 4.74 Å². The molecule has 0 aliphatic carbocycles. The predicted octanol–water partition coefficient (Wildman–Crippen LogP) is 7.47. The van der Waals surface area contributed by atoms with Gasteiger partial charge in [0.2, 0.25) is 0 Å². The molecule has 0 N–H and O–H groups in total. The maximum absolute atomic E-state index is 12.9. The topological polar surface area (TPSA) is 100 Å². The molecule has 0 saturated heterocycles. The Morgan fingerprint density at radius 3 is 2.54 bits per heavy atom. The Bertz CT molecular complexity index is 1480. The fourth-order valence-corrected chi connectivity index (χ4v) is 5.46. The van der Waals surface area contributed by atoms with Gasteiger partial charge in [0, 0.05) is 26.9 Å². The molecule has 0 amide bonds. The Hall–Kier alpha value is -3.14. The standard InChI is InChI=1S/C27H19BrCl2N2O4S/c1-3-35-27(34)26-15(2)20(13-32)25(37-26)11-23(33)18(12-31)8-16-4-7-24(21(28)9-16)36-14-17-5-6-19(29)10-22(17)30/h4-10H,3,11,14H2,1-2H3/b18-8+. The first kappa shape index (κ1) is 28.4. The number of benzene rings is 2. The molecular weight excluding hydrogens is 599 g/mol. The summed E-state index contributed by atoms with van der Waals surface area (Å²) in [6, 6.07) is 14.3. The van der Waals surface area contributed by atoms with Gasteiger partial charge in [-0.2, -0.15) is 10.5 Å². The fourth-order valence-electron chi connectivity index (χ4n) is 3.34. The van der Waals surface area contributed by atoms with Crippen molar-refractivity contribution < 1.29 is 19.1 Å². The van der Waals surface area contributed by atoms with Crippen molar-refractivity contribution in [2.24, 2.45) is 0 Å². The van der Waals surface area contributed by atoms with Crippen molar-refractivity contribution in [2.45, 2.75) is 26.9 Å². The van der Waals surface area contributed by atoms with Gasteiger partial charge in [-0.25, -0.2) is 4.79 Å². The van der Waals surface area contributed by atoms with Crippen LogP contribution in [0, 0.1) is 29.6 Å². The number of allylic oxidation sites excluding steroid dienone is 1. The van der Waals surface area contributed by atoms with Crippen molar-refractivity contribution in [1.82, 2.24) is 0 Å². The lowest BCUT2D eigenvalue weighted by molar-refractivity contribution is -0.114. The summed E-state index contributed by atoms with van der Waals surface area (Å²) in [5.41, 5.74) is 2.01. The van der Waals surface area contributed by atoms with Crippen LogP contribution in [0.5, 0.6) is 5.75 Å². The Morgan fingerprint density at radius 2 is 1.92 bits per heavy atom. The molecule has 0 spiro atoms. The van der Waals surface area contributed by atoms with E-state index in [1.165, 1.54) is 6.08 Å². The Morgan fingerprint density at radius 1 is 1.16 bits per heavy atom. The van der Waals surface area contributed by atoms with Gasteiger partial charge in [-0.05, 0) is 71.2 Å². The molecule has 0 unspecified atom stereocenters. The van der Waals surface area contributed by atoms with E-state index in [-0.39, 0.29) is 35.6 Å². The van der Waals surface area contributed by atoms with Gasteiger partial charge in [-0.3, -0.25) is 4.79 Å². The van der Waals surface area contributed by atoms with E-state index in [1.807, 2.05) is 12.1 Å². The molecule has 0 aliphatic rings. The second-order valence-electron chi connectivity index (χ2n) is 7.67. The van der Waals surface area contributed by atoms with Crippen LogP contribution in [-0.4, -0.2) is 18.4 Å². The predicted molar refractivity (Wildman–Crippen MR) is 147 cm³/mol. The third-order valence-corrected chi connectivity index (χ3v) is 7.68. The summed E-state index contributed by atoms with van der Waals surface area (Å²) in [6.07, 6.45) is 1.28. The molecule has 37 heavy (non-hydrogen) atoms. The van der Waals surface area contributed by atoms with Crippen LogP contribution in [0.25, 0.3) is 6.08 Å². The highest BCUT2D eigenvalue weighted by Gasteiger charge is 2.23. The zero-order valence-corrected chi connectivity index (χ0v) is 23.6. The highest BCUT2D eigenvalue weighted by Crippen LogP contribution is 2.31. The van der Waals surface area contributed by atoms with E-state index in [2.05, 4.69) is 15.9 Å². The Labute approximate surface area is 236 Å². The van der Waals surface area contributed by atoms with E-state index in [0.717, 1.165) is 16.9 Å². The lowest BCUT2D eigenvalue weighted by Crippen LogP contribution is -2.05. The number of esters is 1. The van der Waals surface area contributed by atoms with Crippen molar-refractivity contribution in [1.29, 1.82) is 10.5 Å². The molecule has 0 bridgehead atoms. The fraction of sp³-hybridized carbons (Fsp3) is 0.185. The minimum atomic E-state index is -0.540. The normalized spacial score (nSPS) is 10.9. The van der Waals surface area contributed by atoms with Gasteiger partial charge in [-0.1, -0.05) is 35.3 Å². The van der Waals surface area contributed by atoms with Gasteiger partial charge in [0.25, 0.3) is 0 Å². The summed E-state index contributed by atoms with van der Waals surface area (Å²) in [5.74, 6) is -0.460. The van der Waals surface area contributed by atoms with Gasteiger partial charge in [0.05, 0.1) is 22.2 Å². The summed E-state index contributed by atoms with van der Waals surface area (Å²) in [5, 5.41) is 20.2. The molecule has 0 fully saturated rings. The minimum Gasteiger partial charge on any atom is -0.488 e. The van der Waals surface area contributed by atoms with Crippen molar-refractivity contribution in [3.05, 3.63) is 88.5 Å². The summed E-state index contributed by atoms with van der Waals surface area (Å²) in [6.45, 7) is 3.74. The highest BCUT2D eigenvalue weighted by molar-refractivity contribution is 9.10. The summed E-state index contributed by atoms with van der Waals surface area (Å²) < 4.78 is 11.5. The molecule has 3 rings (SSSR count). The first-order valence-corrected chi connectivity index (χ1v) is 13.3. The highest BCUT2D eigenvalue weighted by atomic mass is 79.9. The molecule has 188 valence electrons. The lowest BCUT2D eigenvalue weighted by Gasteiger charge is -2.10. The van der Waals surface area contributed by atoms with E-state index in [9.17, 15) is 20.1 Å². The number of nitriles is 2. The number of carbonyl (C=O) groups excluding carboxylic acids is 2. The van der Waals surface area contributed by atoms with Gasteiger partial charge in [0.15, 0.2) is 5.78 Å². The largest absolute Gasteiger partial charge is 0.488 e. The SMILES string of the molecule is CCOC(=O)c1sc(CC(=O)/C(C#N)=C/c2ccc(OCc3ccc(Cl)cc3Cl)c(Br)c2)c(C#N)c1C. The molecule has 6 nitrogen and oxygen atoms in total. The van der Waals surface area contributed by atoms with Crippen LogP contribution in [0.4, 0.5) is 0 Å². The van der Waals surface area contributed by atoms with Crippen molar-refractivity contribution in [2.75, 3.05) is 6.61 Å². The maximum atomic E-state index is 12.9. The number of ketones is 1. The van der Waals surface area contributed by atoms with Crippen LogP contribution in [0.15, 0.2) is 46.4 Å². The number of halogens is 3. The summed E-state index contributed by atoms with van der Waals surface area (Å²) in [4.78, 5) is 25.8. The zero-order valence-electron chi connectivity index (χ0n) is 19.7. The van der Waals surface area contributed by atoms with E-state index in [0.29, 0.717) is 36.3 Å². The van der Waals surface area contributed by atoms with Gasteiger partial charge < -0.3 is 9.47 Å². The number of hydrogen-bond donors (Lipinski definition) is 0. The molecule has 3 aromatic rings. The Kier molecular flexibility index (Phi) is 9.91. The minimum absolute atomic E-state index is 0.0823. The molecule has 1 aromatic heterocycles. The Balaban J connectivity index is 1.77. The van der Waals surface area contributed by atoms with Crippen LogP contribution in [0.3, 0.4) is 0 Å². The average Bonchev–Trinajstić information content (AvgIpc) is 3.17. The van der Waals surface area contributed by atoms with Crippen molar-refractivity contribution in [3.8, 4) is 17.9 Å². The van der Waals surface area contributed by atoms with Crippen LogP contribution in [0.2, 0.25) is 10.0 Å². The molecule has 0 radical (unpaired) electrons. The smallest absolute Gasteiger partial charge is 0.348 e. The van der Waals surface area contributed by atoms with E-state index >= 15 is 0 Å². The number of hydrogen-bond acceptors (Lipinski definition) is 7. The van der Waals surface area contributed by atoms with Crippen LogP contribution in [0.1, 0.15) is 43.7 Å². The van der Waals surface area contributed by atoms with Crippen LogP contribution in [-0.2, 0) is 22.6 Å². The van der Waals surface area contributed by atoms with Gasteiger partial charge in [0.1, 0.15) is 29.4 Å². The number of ether oxygens (including phenoxy) is 2. The third kappa shape index (κ3) is 7.00. The first-order valence-electron chi connectivity index (χ1n) is 10.9. The zero-order chi connectivity index (χ0) is 27.1. The maximum Gasteiger partial charge on any atom is 0.348 e. The van der Waals surface area contributed by atoms with Gasteiger partial charge in [-0.15, -0.1) is 11.3 Å². The van der Waals surface area contributed by atoms with Gasteiger partial charge >= 0.3 is 5.97 Å². The molecular formula is C27H19BrCl2N2O4S. The first-order chi connectivity index (χ1) is 17.7. The molecule has 1 heterocycles. The van der Waals surface area contributed by atoms with Crippen LogP contribution >= 0.6 is 50.5 Å². The number of rotatable bonds is 9. The number of carbonyl (C=O) groups is 2. The molecule has 0 aliphatic heterocycles. The molecule has 0 saturated carbocycles. The second-order valence-corrected chi connectivity index (χ2v) is 10.5. The molecule has 2 aromatic carbocycles. The summed E-state index contributed by atoms with van der Waals surface area (Å²) in [7, 11) is 0. The molecule has 10 heteroatoms. The van der Waals surface area contributed by atoms with E-state index in [4.69, 9.17) is 32.7 Å². The van der Waals surface area contributed by atoms with E-state index < -0.39 is 11.8 Å². The number of Topliss-reactive ketones (excluding diaryl/α,β-unsaturated/α-hetero) is 1. The number of nitrogens with zero attached hydrogens (tertiary/aromatic N) is 2. The monoisotopic (exact) mass is 616 g/mol. The van der Waals surface area contributed by atoms with E-state index in [1.54, 1.807) is 50.2 Å². The second kappa shape index (κ2) is 12.9. The average molecular weight is 618 g/mol. The summed E-state index contributed by atoms with van der Waals surface area (Å²) >= 11 is 16.6. The van der Waals surface area contributed by atoms with Crippen molar-refractivity contribution in [3.63, 3.8) is 0 Å². The van der Waals surface area contributed by atoms with Crippen molar-refractivity contribution >= 4 is 68.3 Å². The lowest BCUT2D eigenvalue weighted by atomic mass is 10.0. The molecule has 0 atom stereocenters.